The molecule has 6 rings (SSSR count). The lowest BCUT2D eigenvalue weighted by Gasteiger charge is -2.05. The molecule has 1 N–H and O–H groups in total. The number of ether oxygens (including phenoxy) is 1. The summed E-state index contributed by atoms with van der Waals surface area (Å²) in [6.07, 6.45) is 6.14. The molecule has 186 valence electrons. The zero-order chi connectivity index (χ0) is 25.4. The Kier molecular flexibility index (Phi) is 5.91. The SMILES string of the molecule is O=C(COc1ccc(-c2cc(C[n+]3cc4[nH]c(-c5cccc(F)c5F)nc4cn3)on2)cc1)CC1CC1. The molecule has 0 radical (unpaired) electrons. The van der Waals surface area contributed by atoms with E-state index in [1.807, 2.05) is 18.2 Å². The molecule has 1 fully saturated rings. The zero-order valence-corrected chi connectivity index (χ0v) is 19.7. The van der Waals surface area contributed by atoms with Crippen molar-refractivity contribution in [3.8, 4) is 28.4 Å². The number of Topliss-reactive ketones (excluding diaryl/α,β-unsaturated/α-hetero) is 1. The molecule has 0 amide bonds. The molecule has 1 saturated carbocycles. The molecule has 0 aliphatic heterocycles. The minimum absolute atomic E-state index is 0.0453. The summed E-state index contributed by atoms with van der Waals surface area (Å²) in [4.78, 5) is 19.2. The number of aromatic amines is 1. The molecule has 0 bridgehead atoms. The van der Waals surface area contributed by atoms with E-state index >= 15 is 0 Å². The molecule has 0 saturated heterocycles. The number of fused-ring (bicyclic) bond motifs is 1. The molecule has 8 nitrogen and oxygen atoms in total. The lowest BCUT2D eigenvalue weighted by molar-refractivity contribution is -0.746. The van der Waals surface area contributed by atoms with Gasteiger partial charge in [-0.3, -0.25) is 4.79 Å². The van der Waals surface area contributed by atoms with Crippen LogP contribution in [-0.2, 0) is 11.3 Å². The van der Waals surface area contributed by atoms with Crippen LogP contribution in [0, 0.1) is 17.6 Å². The number of H-pyrrole nitrogens is 1. The van der Waals surface area contributed by atoms with Gasteiger partial charge in [0.25, 0.3) is 0 Å². The minimum atomic E-state index is -0.960. The van der Waals surface area contributed by atoms with Gasteiger partial charge in [0.15, 0.2) is 17.4 Å². The number of nitrogens with one attached hydrogen (secondary N) is 1. The van der Waals surface area contributed by atoms with Crippen molar-refractivity contribution in [1.82, 2.24) is 20.2 Å². The van der Waals surface area contributed by atoms with Crippen LogP contribution in [-0.4, -0.2) is 32.6 Å². The van der Waals surface area contributed by atoms with Crippen molar-refractivity contribution in [2.75, 3.05) is 6.61 Å². The Morgan fingerprint density at radius 3 is 2.81 bits per heavy atom. The first-order chi connectivity index (χ1) is 18.0. The van der Waals surface area contributed by atoms with Gasteiger partial charge in [0.05, 0.1) is 5.56 Å². The summed E-state index contributed by atoms with van der Waals surface area (Å²) < 4.78 is 40.5. The van der Waals surface area contributed by atoms with Crippen molar-refractivity contribution in [2.45, 2.75) is 25.8 Å². The number of ketones is 1. The van der Waals surface area contributed by atoms with Crippen LogP contribution in [0.15, 0.2) is 65.4 Å². The fourth-order valence-electron chi connectivity index (χ4n) is 4.08. The average Bonchev–Trinajstić information content (AvgIpc) is 3.42. The highest BCUT2D eigenvalue weighted by Gasteiger charge is 2.24. The number of hydrogen-bond acceptors (Lipinski definition) is 6. The van der Waals surface area contributed by atoms with Gasteiger partial charge in [-0.2, -0.15) is 0 Å². The van der Waals surface area contributed by atoms with E-state index in [2.05, 4.69) is 20.2 Å². The van der Waals surface area contributed by atoms with Crippen molar-refractivity contribution in [3.05, 3.63) is 78.3 Å². The molecule has 37 heavy (non-hydrogen) atoms. The van der Waals surface area contributed by atoms with Gasteiger partial charge >= 0.3 is 0 Å². The van der Waals surface area contributed by atoms with Gasteiger partial charge in [-0.25, -0.2) is 13.8 Å². The summed E-state index contributed by atoms with van der Waals surface area (Å²) in [7, 11) is 0. The highest BCUT2D eigenvalue weighted by Crippen LogP contribution is 2.32. The lowest BCUT2D eigenvalue weighted by Crippen LogP contribution is -2.37. The van der Waals surface area contributed by atoms with E-state index in [0.29, 0.717) is 47.1 Å². The molecule has 1 aliphatic carbocycles. The second-order valence-electron chi connectivity index (χ2n) is 9.13. The summed E-state index contributed by atoms with van der Waals surface area (Å²) in [5.74, 6) is 0.205. The number of hydrogen-bond donors (Lipinski definition) is 1. The maximum absolute atomic E-state index is 14.2. The quantitative estimate of drug-likeness (QED) is 0.295. The molecule has 2 aromatic carbocycles. The standard InChI is InChI=1S/C27H21F2N5O3/c28-22-3-1-2-21(26(22)29)27-31-24-12-30-34(14-25(24)32-27)13-20-11-23(33-37-20)17-6-8-19(9-7-17)36-15-18(35)10-16-4-5-16/h1-3,6-9,11-12,14,16H,4-5,10,13,15H2/p+1. The first kappa shape index (κ1) is 23.0. The summed E-state index contributed by atoms with van der Waals surface area (Å²) in [5, 5.41) is 8.48. The number of rotatable bonds is 9. The highest BCUT2D eigenvalue weighted by atomic mass is 19.2. The molecule has 3 heterocycles. The first-order valence-corrected chi connectivity index (χ1v) is 11.9. The molecular weight excluding hydrogens is 480 g/mol. The van der Waals surface area contributed by atoms with E-state index in [1.165, 1.54) is 18.3 Å². The molecular formula is C27H22F2N5O3+. The molecule has 0 atom stereocenters. The predicted molar refractivity (Wildman–Crippen MR) is 128 cm³/mol. The summed E-state index contributed by atoms with van der Waals surface area (Å²) >= 11 is 0. The molecule has 3 aromatic heterocycles. The third-order valence-corrected chi connectivity index (χ3v) is 6.21. The average molecular weight is 503 g/mol. The van der Waals surface area contributed by atoms with Gasteiger partial charge in [0.2, 0.25) is 18.5 Å². The van der Waals surface area contributed by atoms with Crippen LogP contribution in [0.2, 0.25) is 0 Å². The number of benzene rings is 2. The van der Waals surface area contributed by atoms with Crippen LogP contribution in [0.4, 0.5) is 8.78 Å². The van der Waals surface area contributed by atoms with Gasteiger partial charge in [0, 0.05) is 18.1 Å². The lowest BCUT2D eigenvalue weighted by atomic mass is 10.1. The Morgan fingerprint density at radius 1 is 1.16 bits per heavy atom. The van der Waals surface area contributed by atoms with Crippen LogP contribution in [0.3, 0.4) is 0 Å². The molecule has 10 heteroatoms. The van der Waals surface area contributed by atoms with Gasteiger partial charge in [-0.1, -0.05) is 15.9 Å². The van der Waals surface area contributed by atoms with Crippen LogP contribution >= 0.6 is 0 Å². The van der Waals surface area contributed by atoms with Crippen molar-refractivity contribution >= 4 is 16.8 Å². The largest absolute Gasteiger partial charge is 0.486 e. The third-order valence-electron chi connectivity index (χ3n) is 6.21. The molecule has 0 spiro atoms. The van der Waals surface area contributed by atoms with Crippen molar-refractivity contribution in [1.29, 1.82) is 0 Å². The second-order valence-corrected chi connectivity index (χ2v) is 9.13. The van der Waals surface area contributed by atoms with E-state index < -0.39 is 11.6 Å². The Morgan fingerprint density at radius 2 is 2.00 bits per heavy atom. The van der Waals surface area contributed by atoms with E-state index in [1.54, 1.807) is 23.0 Å². The van der Waals surface area contributed by atoms with Crippen LogP contribution in [0.25, 0.3) is 33.7 Å². The van der Waals surface area contributed by atoms with Crippen molar-refractivity contribution < 1.29 is 27.5 Å². The van der Waals surface area contributed by atoms with Crippen LogP contribution in [0.5, 0.6) is 5.75 Å². The van der Waals surface area contributed by atoms with E-state index in [0.717, 1.165) is 24.5 Å². The fourth-order valence-corrected chi connectivity index (χ4v) is 4.08. The van der Waals surface area contributed by atoms with Gasteiger partial charge < -0.3 is 14.2 Å². The smallest absolute Gasteiger partial charge is 0.234 e. The Bertz CT molecular complexity index is 1590. The number of carbonyl (C=O) groups excluding carboxylic acids is 1. The number of carbonyl (C=O) groups is 1. The number of halogens is 2. The maximum atomic E-state index is 14.2. The van der Waals surface area contributed by atoms with Crippen LogP contribution < -0.4 is 9.42 Å². The Hall–Kier alpha value is -4.47. The second kappa shape index (κ2) is 9.53. The summed E-state index contributed by atoms with van der Waals surface area (Å²) in [6.45, 7) is 0.392. The van der Waals surface area contributed by atoms with Gasteiger partial charge in [0.1, 0.15) is 41.1 Å². The highest BCUT2D eigenvalue weighted by molar-refractivity contribution is 5.80. The van der Waals surface area contributed by atoms with E-state index in [9.17, 15) is 13.6 Å². The first-order valence-electron chi connectivity index (χ1n) is 11.9. The number of nitrogens with zero attached hydrogens (tertiary/aromatic N) is 4. The molecule has 5 aromatic rings. The molecule has 1 aliphatic rings. The number of imidazole rings is 1. The predicted octanol–water partition coefficient (Wildman–Crippen LogP) is 4.64. The normalized spacial score (nSPS) is 13.2. The van der Waals surface area contributed by atoms with Gasteiger partial charge in [-0.15, -0.1) is 0 Å². The molecule has 0 unspecified atom stereocenters. The van der Waals surface area contributed by atoms with Crippen LogP contribution in [0.1, 0.15) is 25.0 Å². The zero-order valence-electron chi connectivity index (χ0n) is 19.7. The summed E-state index contributed by atoms with van der Waals surface area (Å²) in [6, 6.07) is 13.1. The minimum Gasteiger partial charge on any atom is -0.486 e. The van der Waals surface area contributed by atoms with E-state index in [-0.39, 0.29) is 23.8 Å². The van der Waals surface area contributed by atoms with Crippen molar-refractivity contribution in [2.24, 2.45) is 5.92 Å². The fraction of sp³-hybridized carbons (Fsp3) is 0.222. The van der Waals surface area contributed by atoms with Gasteiger partial charge in [-0.05, 0) is 60.3 Å². The number of aromatic nitrogens is 5. The monoisotopic (exact) mass is 502 g/mol. The maximum Gasteiger partial charge on any atom is 0.234 e. The van der Waals surface area contributed by atoms with E-state index in [4.69, 9.17) is 9.26 Å². The Labute approximate surface area is 209 Å². The third kappa shape index (κ3) is 5.09. The Balaban J connectivity index is 1.12. The summed E-state index contributed by atoms with van der Waals surface area (Å²) in [5.41, 5.74) is 2.67. The topological polar surface area (TPSA) is 97.8 Å². The van der Waals surface area contributed by atoms with Crippen molar-refractivity contribution in [3.63, 3.8) is 0 Å².